The lowest BCUT2D eigenvalue weighted by Gasteiger charge is -2.31. The Bertz CT molecular complexity index is 723. The Morgan fingerprint density at radius 1 is 1.00 bits per heavy atom. The summed E-state index contributed by atoms with van der Waals surface area (Å²) in [5, 5.41) is 4.26. The molecule has 0 bridgehead atoms. The lowest BCUT2D eigenvalue weighted by molar-refractivity contribution is 0.202. The molecule has 0 aliphatic carbocycles. The monoisotopic (exact) mass is 321 g/mol. The van der Waals surface area contributed by atoms with Crippen LogP contribution in [0, 0.1) is 0 Å². The number of benzene rings is 1. The first-order chi connectivity index (χ1) is 11.9. The number of imidazole rings is 1. The zero-order valence-electron chi connectivity index (χ0n) is 13.8. The van der Waals surface area contributed by atoms with Gasteiger partial charge in [0, 0.05) is 37.3 Å². The van der Waals surface area contributed by atoms with Gasteiger partial charge in [-0.1, -0.05) is 24.3 Å². The van der Waals surface area contributed by atoms with Gasteiger partial charge in [0.2, 0.25) is 0 Å². The van der Waals surface area contributed by atoms with Gasteiger partial charge in [0.25, 0.3) is 0 Å². The number of hydrogen-bond acceptors (Lipinski definition) is 3. The van der Waals surface area contributed by atoms with Crippen LogP contribution in [0.2, 0.25) is 0 Å². The Morgan fingerprint density at radius 2 is 1.75 bits per heavy atom. The van der Waals surface area contributed by atoms with Gasteiger partial charge in [-0.2, -0.15) is 5.10 Å². The highest BCUT2D eigenvalue weighted by Gasteiger charge is 2.22. The highest BCUT2D eigenvalue weighted by Crippen LogP contribution is 2.26. The summed E-state index contributed by atoms with van der Waals surface area (Å²) in [4.78, 5) is 10.2. The summed E-state index contributed by atoms with van der Waals surface area (Å²) >= 11 is 0. The third-order valence-corrected chi connectivity index (χ3v) is 4.83. The lowest BCUT2D eigenvalue weighted by Crippen LogP contribution is -2.32. The molecule has 1 aliphatic rings. The molecule has 24 heavy (non-hydrogen) atoms. The first-order valence-corrected chi connectivity index (χ1v) is 8.64. The molecule has 1 fully saturated rings. The largest absolute Gasteiger partial charge is 0.348 e. The molecule has 5 nitrogen and oxygen atoms in total. The zero-order valence-corrected chi connectivity index (χ0v) is 13.8. The van der Waals surface area contributed by atoms with Crippen molar-refractivity contribution in [3.63, 3.8) is 0 Å². The fraction of sp³-hybridized carbons (Fsp3) is 0.368. The molecule has 2 aromatic heterocycles. The third kappa shape index (κ3) is 3.57. The van der Waals surface area contributed by atoms with E-state index in [2.05, 4.69) is 44.2 Å². The summed E-state index contributed by atoms with van der Waals surface area (Å²) in [6.45, 7) is 4.15. The normalized spacial score (nSPS) is 16.5. The molecule has 0 unspecified atom stereocenters. The van der Waals surface area contributed by atoms with Crippen molar-refractivity contribution >= 4 is 0 Å². The average molecular weight is 321 g/mol. The van der Waals surface area contributed by atoms with Crippen LogP contribution in [0.25, 0.3) is 0 Å². The van der Waals surface area contributed by atoms with E-state index in [1.54, 1.807) is 0 Å². The molecule has 4 rings (SSSR count). The van der Waals surface area contributed by atoms with E-state index in [-0.39, 0.29) is 0 Å². The first-order valence-electron chi connectivity index (χ1n) is 8.64. The summed E-state index contributed by atoms with van der Waals surface area (Å²) in [6.07, 6.45) is 9.96. The molecular formula is C19H23N5. The van der Waals surface area contributed by atoms with Crippen LogP contribution in [0.3, 0.4) is 0 Å². The van der Waals surface area contributed by atoms with Crippen molar-refractivity contribution in [2.45, 2.75) is 31.8 Å². The highest BCUT2D eigenvalue weighted by atomic mass is 15.3. The van der Waals surface area contributed by atoms with E-state index in [0.717, 1.165) is 32.0 Å². The number of nitrogens with zero attached hydrogens (tertiary/aromatic N) is 4. The molecule has 124 valence electrons. The van der Waals surface area contributed by atoms with E-state index in [9.17, 15) is 0 Å². The summed E-state index contributed by atoms with van der Waals surface area (Å²) in [7, 11) is 0. The molecule has 0 radical (unpaired) electrons. The van der Waals surface area contributed by atoms with Crippen molar-refractivity contribution in [1.29, 1.82) is 0 Å². The highest BCUT2D eigenvalue weighted by molar-refractivity contribution is 5.22. The van der Waals surface area contributed by atoms with Gasteiger partial charge in [0.15, 0.2) is 0 Å². The van der Waals surface area contributed by atoms with E-state index >= 15 is 0 Å². The Labute approximate surface area is 142 Å². The number of likely N-dealkylation sites (tertiary alicyclic amines) is 1. The van der Waals surface area contributed by atoms with Crippen LogP contribution in [0.15, 0.2) is 55.1 Å². The summed E-state index contributed by atoms with van der Waals surface area (Å²) < 4.78 is 1.95. The van der Waals surface area contributed by atoms with Gasteiger partial charge in [-0.15, -0.1) is 0 Å². The Balaban J connectivity index is 1.30. The zero-order chi connectivity index (χ0) is 16.2. The van der Waals surface area contributed by atoms with Crippen molar-refractivity contribution in [1.82, 2.24) is 24.6 Å². The van der Waals surface area contributed by atoms with Gasteiger partial charge in [-0.3, -0.25) is 9.58 Å². The smallest absolute Gasteiger partial charge is 0.109 e. The second-order valence-electron chi connectivity index (χ2n) is 6.54. The molecule has 0 saturated carbocycles. The van der Waals surface area contributed by atoms with E-state index in [1.165, 1.54) is 24.0 Å². The first kappa shape index (κ1) is 15.1. The van der Waals surface area contributed by atoms with E-state index in [1.807, 2.05) is 35.5 Å². The van der Waals surface area contributed by atoms with E-state index < -0.39 is 0 Å². The molecule has 0 atom stereocenters. The van der Waals surface area contributed by atoms with Gasteiger partial charge >= 0.3 is 0 Å². The quantitative estimate of drug-likeness (QED) is 0.786. The molecule has 3 aromatic rings. The second-order valence-corrected chi connectivity index (χ2v) is 6.54. The molecule has 1 aromatic carbocycles. The van der Waals surface area contributed by atoms with Crippen LogP contribution in [-0.2, 0) is 13.1 Å². The second kappa shape index (κ2) is 7.01. The van der Waals surface area contributed by atoms with Gasteiger partial charge in [0.05, 0.1) is 6.54 Å². The minimum atomic E-state index is 0.590. The fourth-order valence-corrected chi connectivity index (χ4v) is 3.45. The minimum Gasteiger partial charge on any atom is -0.348 e. The summed E-state index contributed by atoms with van der Waals surface area (Å²) in [6, 6.07) is 10.9. The van der Waals surface area contributed by atoms with E-state index in [0.29, 0.717) is 5.92 Å². The SMILES string of the molecule is c1cnn(Cc2ccc(CN3CCC(c4ncc[nH]4)CC3)cc2)c1. The molecule has 0 spiro atoms. The molecule has 0 amide bonds. The van der Waals surface area contributed by atoms with Gasteiger partial charge < -0.3 is 4.98 Å². The maximum Gasteiger partial charge on any atom is 0.109 e. The van der Waals surface area contributed by atoms with Crippen molar-refractivity contribution in [2.75, 3.05) is 13.1 Å². The number of aromatic nitrogens is 4. The topological polar surface area (TPSA) is 49.7 Å². The lowest BCUT2D eigenvalue weighted by atomic mass is 9.96. The van der Waals surface area contributed by atoms with E-state index in [4.69, 9.17) is 0 Å². The van der Waals surface area contributed by atoms with Crippen molar-refractivity contribution in [2.24, 2.45) is 0 Å². The van der Waals surface area contributed by atoms with Gasteiger partial charge in [-0.05, 0) is 43.1 Å². The average Bonchev–Trinajstić information content (AvgIpc) is 3.31. The molecule has 1 N–H and O–H groups in total. The Hall–Kier alpha value is -2.40. The number of nitrogens with one attached hydrogen (secondary N) is 1. The Morgan fingerprint density at radius 3 is 2.38 bits per heavy atom. The fourth-order valence-electron chi connectivity index (χ4n) is 3.45. The van der Waals surface area contributed by atoms with Gasteiger partial charge in [-0.25, -0.2) is 4.98 Å². The van der Waals surface area contributed by atoms with Crippen LogP contribution >= 0.6 is 0 Å². The van der Waals surface area contributed by atoms with Crippen molar-refractivity contribution < 1.29 is 0 Å². The molecule has 1 saturated heterocycles. The molecule has 1 aliphatic heterocycles. The summed E-state index contributed by atoms with van der Waals surface area (Å²) in [5.41, 5.74) is 2.68. The maximum absolute atomic E-state index is 4.41. The minimum absolute atomic E-state index is 0.590. The predicted molar refractivity (Wildman–Crippen MR) is 93.6 cm³/mol. The number of piperidine rings is 1. The standard InChI is InChI=1S/C19H23N5/c1-8-22-24(11-1)15-17-4-2-16(3-5-17)14-23-12-6-18(7-13-23)19-20-9-10-21-19/h1-5,8-11,18H,6-7,12-15H2,(H,20,21). The number of H-pyrrole nitrogens is 1. The maximum atomic E-state index is 4.41. The predicted octanol–water partition coefficient (Wildman–Crippen LogP) is 3.03. The molecule has 5 heteroatoms. The molecule has 3 heterocycles. The number of aromatic amines is 1. The van der Waals surface area contributed by atoms with Crippen molar-refractivity contribution in [3.05, 3.63) is 72.1 Å². The Kier molecular flexibility index (Phi) is 4.42. The summed E-state index contributed by atoms with van der Waals surface area (Å²) in [5.74, 6) is 1.74. The van der Waals surface area contributed by atoms with Crippen LogP contribution in [0.4, 0.5) is 0 Å². The van der Waals surface area contributed by atoms with Crippen LogP contribution < -0.4 is 0 Å². The number of hydrogen-bond donors (Lipinski definition) is 1. The van der Waals surface area contributed by atoms with Gasteiger partial charge in [0.1, 0.15) is 5.82 Å². The van der Waals surface area contributed by atoms with Crippen molar-refractivity contribution in [3.8, 4) is 0 Å². The molecular weight excluding hydrogens is 298 g/mol. The third-order valence-electron chi connectivity index (χ3n) is 4.83. The number of rotatable bonds is 5. The van der Waals surface area contributed by atoms with Crippen LogP contribution in [-0.4, -0.2) is 37.7 Å². The van der Waals surface area contributed by atoms with Crippen LogP contribution in [0.1, 0.15) is 35.7 Å². The van der Waals surface area contributed by atoms with Crippen LogP contribution in [0.5, 0.6) is 0 Å².